The number of fused-ring (bicyclic) bond motifs is 2. The molecule has 26 heavy (non-hydrogen) atoms. The molecule has 1 aromatic carbocycles. The Balaban J connectivity index is 1.36. The largest absolute Gasteiger partial charge is 0.333 e. The third kappa shape index (κ3) is 2.67. The van der Waals surface area contributed by atoms with Gasteiger partial charge in [-0.2, -0.15) is 5.10 Å². The van der Waals surface area contributed by atoms with Crippen molar-refractivity contribution < 1.29 is 4.79 Å². The molecule has 2 unspecified atom stereocenters. The lowest BCUT2D eigenvalue weighted by Gasteiger charge is -2.39. The van der Waals surface area contributed by atoms with E-state index in [1.54, 1.807) is 17.5 Å². The van der Waals surface area contributed by atoms with E-state index in [9.17, 15) is 4.79 Å². The maximum Gasteiger partial charge on any atom is 0.255 e. The third-order valence-corrected chi connectivity index (χ3v) is 6.85. The Hall–Kier alpha value is -2.40. The standard InChI is InChI=1S/C21H21N3OS/c25-21(16-10-20(26-13-16)17-11-22-23-12-17)24-18-6-7-19(24)9-15(8-18)14-4-2-1-3-5-14/h1-5,10-13,15,18-19H,6-9H2,(H,22,23). The van der Waals surface area contributed by atoms with Crippen LogP contribution in [0.3, 0.4) is 0 Å². The average molecular weight is 363 g/mol. The molecule has 2 aromatic heterocycles. The van der Waals surface area contributed by atoms with Gasteiger partial charge < -0.3 is 4.90 Å². The summed E-state index contributed by atoms with van der Waals surface area (Å²) in [5.41, 5.74) is 3.29. The SMILES string of the molecule is O=C(c1csc(-c2cn[nH]c2)c1)N1C2CCC1CC(c1ccccc1)C2. The molecule has 4 heterocycles. The van der Waals surface area contributed by atoms with Crippen molar-refractivity contribution in [2.24, 2.45) is 0 Å². The Bertz CT molecular complexity index is 889. The molecule has 0 saturated carbocycles. The summed E-state index contributed by atoms with van der Waals surface area (Å²) in [6.45, 7) is 0. The zero-order valence-electron chi connectivity index (χ0n) is 14.5. The summed E-state index contributed by atoms with van der Waals surface area (Å²) in [5.74, 6) is 0.789. The first-order chi connectivity index (χ1) is 12.8. The molecule has 132 valence electrons. The second kappa shape index (κ2) is 6.40. The maximum atomic E-state index is 13.2. The predicted octanol–water partition coefficient (Wildman–Crippen LogP) is 4.69. The molecule has 0 spiro atoms. The molecule has 2 aliphatic heterocycles. The van der Waals surface area contributed by atoms with Crippen LogP contribution in [0.25, 0.3) is 10.4 Å². The van der Waals surface area contributed by atoms with Crippen LogP contribution in [-0.2, 0) is 0 Å². The number of aromatic amines is 1. The molecule has 5 rings (SSSR count). The van der Waals surface area contributed by atoms with Crippen LogP contribution in [0.4, 0.5) is 0 Å². The van der Waals surface area contributed by atoms with E-state index in [-0.39, 0.29) is 5.91 Å². The van der Waals surface area contributed by atoms with Gasteiger partial charge in [-0.05, 0) is 43.2 Å². The highest BCUT2D eigenvalue weighted by Crippen LogP contribution is 2.44. The van der Waals surface area contributed by atoms with E-state index in [0.29, 0.717) is 18.0 Å². The van der Waals surface area contributed by atoms with Crippen LogP contribution in [0.1, 0.15) is 47.5 Å². The first-order valence-electron chi connectivity index (χ1n) is 9.25. The molecule has 2 aliphatic rings. The predicted molar refractivity (Wildman–Crippen MR) is 103 cm³/mol. The second-order valence-electron chi connectivity index (χ2n) is 7.36. The van der Waals surface area contributed by atoms with Crippen LogP contribution in [-0.4, -0.2) is 33.1 Å². The van der Waals surface area contributed by atoms with Crippen molar-refractivity contribution >= 4 is 17.2 Å². The maximum absolute atomic E-state index is 13.2. The van der Waals surface area contributed by atoms with Crippen molar-refractivity contribution in [3.8, 4) is 10.4 Å². The molecule has 2 atom stereocenters. The number of piperidine rings is 1. The van der Waals surface area contributed by atoms with Crippen LogP contribution in [0.15, 0.2) is 54.2 Å². The lowest BCUT2D eigenvalue weighted by Crippen LogP contribution is -2.45. The number of benzene rings is 1. The highest BCUT2D eigenvalue weighted by molar-refractivity contribution is 7.13. The van der Waals surface area contributed by atoms with Gasteiger partial charge in [-0.3, -0.25) is 9.89 Å². The smallest absolute Gasteiger partial charge is 0.255 e. The number of H-pyrrole nitrogens is 1. The fourth-order valence-corrected chi connectivity index (χ4v) is 5.51. The van der Waals surface area contributed by atoms with Gasteiger partial charge in [0.15, 0.2) is 0 Å². The van der Waals surface area contributed by atoms with E-state index in [2.05, 4.69) is 45.4 Å². The number of rotatable bonds is 3. The van der Waals surface area contributed by atoms with E-state index in [0.717, 1.165) is 41.7 Å². The summed E-state index contributed by atoms with van der Waals surface area (Å²) >= 11 is 1.61. The molecule has 5 heteroatoms. The van der Waals surface area contributed by atoms with E-state index in [4.69, 9.17) is 0 Å². The number of aromatic nitrogens is 2. The lowest BCUT2D eigenvalue weighted by molar-refractivity contribution is 0.0572. The van der Waals surface area contributed by atoms with Gasteiger partial charge in [0, 0.05) is 34.1 Å². The molecule has 1 amide bonds. The van der Waals surface area contributed by atoms with Gasteiger partial charge in [-0.1, -0.05) is 30.3 Å². The van der Waals surface area contributed by atoms with Crippen LogP contribution in [0.2, 0.25) is 0 Å². The topological polar surface area (TPSA) is 49.0 Å². The zero-order chi connectivity index (χ0) is 17.5. The molecule has 3 aromatic rings. The van der Waals surface area contributed by atoms with Crippen molar-refractivity contribution in [3.05, 3.63) is 65.3 Å². The van der Waals surface area contributed by atoms with Crippen LogP contribution < -0.4 is 0 Å². The van der Waals surface area contributed by atoms with Gasteiger partial charge in [-0.15, -0.1) is 11.3 Å². The highest BCUT2D eigenvalue weighted by atomic mass is 32.1. The summed E-state index contributed by atoms with van der Waals surface area (Å²) in [5, 5.41) is 8.83. The summed E-state index contributed by atoms with van der Waals surface area (Å²) < 4.78 is 0. The van der Waals surface area contributed by atoms with Crippen molar-refractivity contribution in [2.45, 2.75) is 43.7 Å². The van der Waals surface area contributed by atoms with Gasteiger partial charge >= 0.3 is 0 Å². The van der Waals surface area contributed by atoms with E-state index < -0.39 is 0 Å². The molecule has 0 aliphatic carbocycles. The first-order valence-corrected chi connectivity index (χ1v) is 10.1. The number of carbonyl (C=O) groups excluding carboxylic acids is 1. The monoisotopic (exact) mass is 363 g/mol. The Labute approximate surface area is 156 Å². The molecule has 4 nitrogen and oxygen atoms in total. The van der Waals surface area contributed by atoms with Crippen molar-refractivity contribution in [1.82, 2.24) is 15.1 Å². The van der Waals surface area contributed by atoms with Gasteiger partial charge in [0.05, 0.1) is 11.8 Å². The number of carbonyl (C=O) groups is 1. The zero-order valence-corrected chi connectivity index (χ0v) is 15.3. The van der Waals surface area contributed by atoms with Gasteiger partial charge in [-0.25, -0.2) is 0 Å². The Morgan fingerprint density at radius 2 is 1.92 bits per heavy atom. The normalized spacial score (nSPS) is 24.8. The Kier molecular flexibility index (Phi) is 3.89. The van der Waals surface area contributed by atoms with Gasteiger partial charge in [0.25, 0.3) is 5.91 Å². The van der Waals surface area contributed by atoms with Crippen molar-refractivity contribution in [2.75, 3.05) is 0 Å². The Morgan fingerprint density at radius 3 is 2.62 bits per heavy atom. The number of hydrogen-bond donors (Lipinski definition) is 1. The second-order valence-corrected chi connectivity index (χ2v) is 8.27. The highest BCUT2D eigenvalue weighted by Gasteiger charge is 2.43. The summed E-state index contributed by atoms with van der Waals surface area (Å²) in [6.07, 6.45) is 8.12. The fraction of sp³-hybridized carbons (Fsp3) is 0.333. The van der Waals surface area contributed by atoms with Crippen molar-refractivity contribution in [1.29, 1.82) is 0 Å². The average Bonchev–Trinajstić information content (AvgIpc) is 3.41. The third-order valence-electron chi connectivity index (χ3n) is 5.87. The number of amides is 1. The fourth-order valence-electron chi connectivity index (χ4n) is 4.64. The van der Waals surface area contributed by atoms with E-state index in [1.807, 2.05) is 17.6 Å². The summed E-state index contributed by atoms with van der Waals surface area (Å²) in [6, 6.07) is 13.6. The minimum absolute atomic E-state index is 0.204. The number of hydrogen-bond acceptors (Lipinski definition) is 3. The van der Waals surface area contributed by atoms with Gasteiger partial charge in [0.1, 0.15) is 0 Å². The van der Waals surface area contributed by atoms with Crippen molar-refractivity contribution in [3.63, 3.8) is 0 Å². The molecule has 1 N–H and O–H groups in total. The summed E-state index contributed by atoms with van der Waals surface area (Å²) in [7, 11) is 0. The number of nitrogens with one attached hydrogen (secondary N) is 1. The molecular formula is C21H21N3OS. The minimum Gasteiger partial charge on any atom is -0.333 e. The molecule has 0 radical (unpaired) electrons. The minimum atomic E-state index is 0.204. The molecule has 2 bridgehead atoms. The van der Waals surface area contributed by atoms with E-state index in [1.165, 1.54) is 5.56 Å². The quantitative estimate of drug-likeness (QED) is 0.734. The number of thiophene rings is 1. The number of nitrogens with zero attached hydrogens (tertiary/aromatic N) is 2. The van der Waals surface area contributed by atoms with Crippen LogP contribution >= 0.6 is 11.3 Å². The van der Waals surface area contributed by atoms with Crippen LogP contribution in [0, 0.1) is 0 Å². The van der Waals surface area contributed by atoms with Crippen LogP contribution in [0.5, 0.6) is 0 Å². The van der Waals surface area contributed by atoms with E-state index >= 15 is 0 Å². The Morgan fingerprint density at radius 1 is 1.15 bits per heavy atom. The lowest BCUT2D eigenvalue weighted by atomic mass is 9.85. The summed E-state index contributed by atoms with van der Waals surface area (Å²) in [4.78, 5) is 16.5. The molecular weight excluding hydrogens is 342 g/mol. The molecule has 2 saturated heterocycles. The van der Waals surface area contributed by atoms with Gasteiger partial charge in [0.2, 0.25) is 0 Å². The first kappa shape index (κ1) is 15.8. The molecule has 2 fully saturated rings.